The first-order valence-electron chi connectivity index (χ1n) is 6.46. The SMILES string of the molecule is CC(=O)N(Oc1cccc(C)c1)c1cc(Cl)ccc1C(=O)O. The molecule has 0 radical (unpaired) electrons. The molecule has 0 bridgehead atoms. The molecule has 0 heterocycles. The van der Waals surface area contributed by atoms with Crippen LogP contribution >= 0.6 is 11.6 Å². The highest BCUT2D eigenvalue weighted by Crippen LogP contribution is 2.27. The third-order valence-electron chi connectivity index (χ3n) is 2.88. The molecule has 1 amide bonds. The van der Waals surface area contributed by atoms with Crippen LogP contribution in [0.15, 0.2) is 42.5 Å². The zero-order valence-electron chi connectivity index (χ0n) is 12.0. The Balaban J connectivity index is 2.46. The summed E-state index contributed by atoms with van der Waals surface area (Å²) >= 11 is 5.91. The van der Waals surface area contributed by atoms with E-state index in [2.05, 4.69) is 0 Å². The van der Waals surface area contributed by atoms with Gasteiger partial charge in [0.2, 0.25) is 0 Å². The van der Waals surface area contributed by atoms with Crippen LogP contribution in [0.5, 0.6) is 5.75 Å². The molecule has 114 valence electrons. The van der Waals surface area contributed by atoms with Gasteiger partial charge < -0.3 is 9.94 Å². The molecule has 2 rings (SSSR count). The van der Waals surface area contributed by atoms with Crippen molar-refractivity contribution in [1.29, 1.82) is 0 Å². The van der Waals surface area contributed by atoms with Crippen molar-refractivity contribution in [3.05, 3.63) is 58.6 Å². The molecule has 0 spiro atoms. The lowest BCUT2D eigenvalue weighted by Crippen LogP contribution is -2.33. The molecule has 0 saturated carbocycles. The lowest BCUT2D eigenvalue weighted by atomic mass is 10.1. The zero-order valence-corrected chi connectivity index (χ0v) is 12.8. The number of hydrogen-bond donors (Lipinski definition) is 1. The maximum absolute atomic E-state index is 11.9. The largest absolute Gasteiger partial charge is 0.478 e. The minimum absolute atomic E-state index is 0.0766. The number of halogens is 1. The molecule has 0 aliphatic rings. The van der Waals surface area contributed by atoms with E-state index in [1.54, 1.807) is 18.2 Å². The second kappa shape index (κ2) is 6.49. The number of aryl methyl sites for hydroxylation is 1. The number of carbonyl (C=O) groups excluding carboxylic acids is 1. The van der Waals surface area contributed by atoms with Crippen molar-refractivity contribution in [2.24, 2.45) is 0 Å². The Bertz CT molecular complexity index is 730. The van der Waals surface area contributed by atoms with Gasteiger partial charge in [-0.3, -0.25) is 4.79 Å². The molecule has 5 nitrogen and oxygen atoms in total. The number of amides is 1. The fourth-order valence-electron chi connectivity index (χ4n) is 1.91. The summed E-state index contributed by atoms with van der Waals surface area (Å²) in [5, 5.41) is 10.5. The maximum Gasteiger partial charge on any atom is 0.337 e. The first-order chi connectivity index (χ1) is 10.4. The molecule has 0 unspecified atom stereocenters. The number of carbonyl (C=O) groups is 2. The third-order valence-corrected chi connectivity index (χ3v) is 3.12. The van der Waals surface area contributed by atoms with E-state index in [0.717, 1.165) is 10.6 Å². The second-order valence-corrected chi connectivity index (χ2v) is 5.12. The van der Waals surface area contributed by atoms with Gasteiger partial charge in [-0.05, 0) is 42.8 Å². The first kappa shape index (κ1) is 15.9. The molecule has 2 aromatic rings. The van der Waals surface area contributed by atoms with Gasteiger partial charge in [-0.1, -0.05) is 23.7 Å². The second-order valence-electron chi connectivity index (χ2n) is 4.69. The first-order valence-corrected chi connectivity index (χ1v) is 6.84. The van der Waals surface area contributed by atoms with Gasteiger partial charge in [-0.25, -0.2) is 4.79 Å². The monoisotopic (exact) mass is 319 g/mol. The molecule has 0 saturated heterocycles. The lowest BCUT2D eigenvalue weighted by Gasteiger charge is -2.22. The maximum atomic E-state index is 11.9. The van der Waals surface area contributed by atoms with Crippen LogP contribution in [0.3, 0.4) is 0 Å². The average Bonchev–Trinajstić information content (AvgIpc) is 2.44. The lowest BCUT2D eigenvalue weighted by molar-refractivity contribution is -0.120. The van der Waals surface area contributed by atoms with Crippen LogP contribution in [-0.4, -0.2) is 17.0 Å². The quantitative estimate of drug-likeness (QED) is 0.873. The summed E-state index contributed by atoms with van der Waals surface area (Å²) < 4.78 is 0. The van der Waals surface area contributed by atoms with Crippen molar-refractivity contribution < 1.29 is 19.5 Å². The number of nitrogens with zero attached hydrogens (tertiary/aromatic N) is 1. The van der Waals surface area contributed by atoms with E-state index >= 15 is 0 Å². The molecular formula is C16H14ClNO4. The van der Waals surface area contributed by atoms with Crippen molar-refractivity contribution in [3.8, 4) is 5.75 Å². The van der Waals surface area contributed by atoms with Crippen LogP contribution in [0.2, 0.25) is 5.02 Å². The number of rotatable bonds is 4. The van der Waals surface area contributed by atoms with Crippen molar-refractivity contribution in [3.63, 3.8) is 0 Å². The Morgan fingerprint density at radius 1 is 1.18 bits per heavy atom. The van der Waals surface area contributed by atoms with Gasteiger partial charge in [0.15, 0.2) is 5.75 Å². The van der Waals surface area contributed by atoms with Crippen LogP contribution in [0.25, 0.3) is 0 Å². The normalized spacial score (nSPS) is 10.1. The number of hydrogen-bond acceptors (Lipinski definition) is 3. The molecule has 0 aromatic heterocycles. The van der Waals surface area contributed by atoms with Gasteiger partial charge in [0, 0.05) is 11.9 Å². The molecule has 0 aliphatic carbocycles. The van der Waals surface area contributed by atoms with Crippen molar-refractivity contribution >= 4 is 29.2 Å². The molecule has 1 N–H and O–H groups in total. The molecule has 0 atom stereocenters. The fourth-order valence-corrected chi connectivity index (χ4v) is 2.08. The van der Waals surface area contributed by atoms with Crippen molar-refractivity contribution in [2.75, 3.05) is 5.06 Å². The minimum Gasteiger partial charge on any atom is -0.478 e. The molecule has 0 fully saturated rings. The number of carboxylic acid groups (broad SMARTS) is 1. The molecule has 22 heavy (non-hydrogen) atoms. The minimum atomic E-state index is -1.18. The molecular weight excluding hydrogens is 306 g/mol. The number of hydroxylamine groups is 1. The highest BCUT2D eigenvalue weighted by molar-refractivity contribution is 6.31. The van der Waals surface area contributed by atoms with Gasteiger partial charge in [0.25, 0.3) is 5.91 Å². The number of benzene rings is 2. The Kier molecular flexibility index (Phi) is 4.68. The van der Waals surface area contributed by atoms with Gasteiger partial charge in [0.1, 0.15) is 5.69 Å². The van der Waals surface area contributed by atoms with Crippen LogP contribution in [0, 0.1) is 6.92 Å². The van der Waals surface area contributed by atoms with E-state index in [1.165, 1.54) is 25.1 Å². The molecule has 2 aromatic carbocycles. The molecule has 6 heteroatoms. The predicted molar refractivity (Wildman–Crippen MR) is 83.4 cm³/mol. The van der Waals surface area contributed by atoms with Gasteiger partial charge >= 0.3 is 5.97 Å². The Morgan fingerprint density at radius 2 is 1.91 bits per heavy atom. The van der Waals surface area contributed by atoms with E-state index in [0.29, 0.717) is 10.8 Å². The zero-order chi connectivity index (χ0) is 16.3. The van der Waals surface area contributed by atoms with Crippen molar-refractivity contribution in [2.45, 2.75) is 13.8 Å². The van der Waals surface area contributed by atoms with Crippen LogP contribution in [-0.2, 0) is 4.79 Å². The summed E-state index contributed by atoms with van der Waals surface area (Å²) in [7, 11) is 0. The van der Waals surface area contributed by atoms with E-state index < -0.39 is 11.9 Å². The van der Waals surface area contributed by atoms with E-state index in [-0.39, 0.29) is 11.3 Å². The number of aromatic carboxylic acids is 1. The summed E-state index contributed by atoms with van der Waals surface area (Å²) in [5.41, 5.74) is 0.951. The van der Waals surface area contributed by atoms with Crippen LogP contribution in [0.1, 0.15) is 22.8 Å². The smallest absolute Gasteiger partial charge is 0.337 e. The van der Waals surface area contributed by atoms with E-state index in [9.17, 15) is 14.7 Å². The standard InChI is InChI=1S/C16H14ClNO4/c1-10-4-3-5-13(8-10)22-18(11(2)19)15-9-12(17)6-7-14(15)16(20)21/h3-9H,1-2H3,(H,20,21). The fraction of sp³-hybridized carbons (Fsp3) is 0.125. The number of carboxylic acids is 1. The third kappa shape index (κ3) is 3.56. The van der Waals surface area contributed by atoms with Crippen LogP contribution < -0.4 is 9.90 Å². The molecule has 0 aliphatic heterocycles. The highest BCUT2D eigenvalue weighted by atomic mass is 35.5. The summed E-state index contributed by atoms with van der Waals surface area (Å²) in [6.07, 6.45) is 0. The van der Waals surface area contributed by atoms with Crippen LogP contribution in [0.4, 0.5) is 5.69 Å². The van der Waals surface area contributed by atoms with Gasteiger partial charge in [-0.2, -0.15) is 0 Å². The van der Waals surface area contributed by atoms with Crippen molar-refractivity contribution in [1.82, 2.24) is 0 Å². The average molecular weight is 320 g/mol. The highest BCUT2D eigenvalue weighted by Gasteiger charge is 2.22. The summed E-state index contributed by atoms with van der Waals surface area (Å²) in [4.78, 5) is 28.8. The topological polar surface area (TPSA) is 66.8 Å². The van der Waals surface area contributed by atoms with E-state index in [1.807, 2.05) is 13.0 Å². The van der Waals surface area contributed by atoms with Gasteiger partial charge in [0.05, 0.1) is 5.56 Å². The van der Waals surface area contributed by atoms with Gasteiger partial charge in [-0.15, -0.1) is 5.06 Å². The Hall–Kier alpha value is -2.53. The Labute approximate surface area is 132 Å². The Morgan fingerprint density at radius 3 is 2.50 bits per heavy atom. The number of anilines is 1. The predicted octanol–water partition coefficient (Wildman–Crippen LogP) is 3.69. The summed E-state index contributed by atoms with van der Waals surface area (Å²) in [6, 6.07) is 11.2. The summed E-state index contributed by atoms with van der Waals surface area (Å²) in [5.74, 6) is -1.22. The van der Waals surface area contributed by atoms with E-state index in [4.69, 9.17) is 16.4 Å². The summed E-state index contributed by atoms with van der Waals surface area (Å²) in [6.45, 7) is 3.16.